The van der Waals surface area contributed by atoms with Gasteiger partial charge in [-0.2, -0.15) is 8.42 Å². The van der Waals surface area contributed by atoms with E-state index in [-0.39, 0.29) is 28.2 Å². The fourth-order valence-corrected chi connectivity index (χ4v) is 3.81. The number of aromatic hydroxyl groups is 2. The Hall–Kier alpha value is -1.96. The van der Waals surface area contributed by atoms with E-state index in [4.69, 9.17) is 15.8 Å². The fraction of sp³-hybridized carbons (Fsp3) is 0.294. The average molecular weight is 384 g/mol. The van der Waals surface area contributed by atoms with Crippen LogP contribution in [-0.4, -0.2) is 38.0 Å². The number of rotatable bonds is 3. The maximum Gasteiger partial charge on any atom is 0.306 e. The second-order valence-corrected chi connectivity index (χ2v) is 7.94. The van der Waals surface area contributed by atoms with E-state index in [0.717, 1.165) is 22.9 Å². The molecule has 1 aliphatic heterocycles. The molecule has 0 unspecified atom stereocenters. The van der Waals surface area contributed by atoms with Gasteiger partial charge in [0.05, 0.1) is 11.3 Å². The highest BCUT2D eigenvalue weighted by Gasteiger charge is 2.25. The van der Waals surface area contributed by atoms with E-state index < -0.39 is 10.1 Å². The van der Waals surface area contributed by atoms with Crippen LogP contribution in [0.5, 0.6) is 17.2 Å². The van der Waals surface area contributed by atoms with Crippen LogP contribution < -0.4 is 9.50 Å². The summed E-state index contributed by atoms with van der Waals surface area (Å²) in [4.78, 5) is 0. The van der Waals surface area contributed by atoms with E-state index in [0.29, 0.717) is 19.5 Å². The van der Waals surface area contributed by atoms with Gasteiger partial charge in [-0.1, -0.05) is 23.7 Å². The van der Waals surface area contributed by atoms with Crippen LogP contribution in [0.4, 0.5) is 0 Å². The highest BCUT2D eigenvalue weighted by Crippen LogP contribution is 2.42. The summed E-state index contributed by atoms with van der Waals surface area (Å²) in [5.74, 6) is -0.431. The van der Waals surface area contributed by atoms with E-state index in [1.54, 1.807) is 24.3 Å². The molecule has 134 valence electrons. The number of fused-ring (bicyclic) bond motifs is 1. The number of hydrogen-bond acceptors (Lipinski definition) is 6. The van der Waals surface area contributed by atoms with Gasteiger partial charge in [0.2, 0.25) is 0 Å². The van der Waals surface area contributed by atoms with Crippen molar-refractivity contribution in [3.8, 4) is 17.2 Å². The highest BCUT2D eigenvalue weighted by molar-refractivity contribution is 7.86. The van der Waals surface area contributed by atoms with Gasteiger partial charge in [0, 0.05) is 12.5 Å². The van der Waals surface area contributed by atoms with Crippen molar-refractivity contribution < 1.29 is 22.8 Å². The summed E-state index contributed by atoms with van der Waals surface area (Å²) in [6, 6.07) is 8.26. The van der Waals surface area contributed by atoms with Gasteiger partial charge in [0.1, 0.15) is 5.75 Å². The molecule has 0 spiro atoms. The number of benzene rings is 2. The summed E-state index contributed by atoms with van der Waals surface area (Å²) in [6.45, 7) is 1.32. The molecule has 0 aromatic heterocycles. The first kappa shape index (κ1) is 17.8. The zero-order valence-electron chi connectivity index (χ0n) is 13.5. The lowest BCUT2D eigenvalue weighted by atomic mass is 9.87. The summed E-state index contributed by atoms with van der Waals surface area (Å²) in [5, 5.41) is 23.3. The number of phenolic OH excluding ortho intramolecular Hbond substituents is 2. The largest absolute Gasteiger partial charge is 0.504 e. The molecule has 3 N–H and O–H groups in total. The van der Waals surface area contributed by atoms with Crippen molar-refractivity contribution >= 4 is 21.7 Å². The molecule has 0 aliphatic carbocycles. The minimum Gasteiger partial charge on any atom is -0.504 e. The van der Waals surface area contributed by atoms with Crippen molar-refractivity contribution in [2.24, 2.45) is 0 Å². The molecule has 8 heteroatoms. The van der Waals surface area contributed by atoms with Gasteiger partial charge >= 0.3 is 10.1 Å². The first-order valence-electron chi connectivity index (χ1n) is 7.69. The molecule has 0 amide bonds. The highest BCUT2D eigenvalue weighted by atomic mass is 35.5. The quantitative estimate of drug-likeness (QED) is 0.556. The molecule has 3 rings (SSSR count). The first-order valence-corrected chi connectivity index (χ1v) is 9.89. The molecule has 0 saturated carbocycles. The van der Waals surface area contributed by atoms with Crippen molar-refractivity contribution in [1.29, 1.82) is 0 Å². The van der Waals surface area contributed by atoms with E-state index in [1.807, 2.05) is 0 Å². The maximum atomic E-state index is 11.2. The van der Waals surface area contributed by atoms with Crippen LogP contribution in [0.25, 0.3) is 0 Å². The van der Waals surface area contributed by atoms with Crippen LogP contribution in [0, 0.1) is 0 Å². The summed E-state index contributed by atoms with van der Waals surface area (Å²) < 4.78 is 27.3. The molecule has 0 bridgehead atoms. The second kappa shape index (κ2) is 6.74. The third-order valence-electron chi connectivity index (χ3n) is 4.16. The van der Waals surface area contributed by atoms with E-state index in [2.05, 4.69) is 5.32 Å². The molecule has 2 aromatic rings. The first-order chi connectivity index (χ1) is 11.8. The van der Waals surface area contributed by atoms with Crippen molar-refractivity contribution in [1.82, 2.24) is 5.32 Å². The van der Waals surface area contributed by atoms with Crippen LogP contribution in [0.1, 0.15) is 22.6 Å². The van der Waals surface area contributed by atoms with Crippen molar-refractivity contribution in [3.05, 3.63) is 52.0 Å². The molecule has 25 heavy (non-hydrogen) atoms. The van der Waals surface area contributed by atoms with E-state index in [1.165, 1.54) is 6.07 Å². The molecular weight excluding hydrogens is 366 g/mol. The average Bonchev–Trinajstić information content (AvgIpc) is 2.75. The second-order valence-electron chi connectivity index (χ2n) is 5.99. The smallest absolute Gasteiger partial charge is 0.306 e. The maximum absolute atomic E-state index is 11.2. The van der Waals surface area contributed by atoms with Gasteiger partial charge in [-0.15, -0.1) is 0 Å². The van der Waals surface area contributed by atoms with Crippen LogP contribution in [0.2, 0.25) is 5.02 Å². The number of halogens is 1. The molecule has 6 nitrogen and oxygen atoms in total. The topological polar surface area (TPSA) is 95.9 Å². The summed E-state index contributed by atoms with van der Waals surface area (Å²) in [7, 11) is -3.58. The Balaban J connectivity index is 2.01. The van der Waals surface area contributed by atoms with E-state index >= 15 is 0 Å². The minimum absolute atomic E-state index is 0.103. The van der Waals surface area contributed by atoms with Gasteiger partial charge in [-0.05, 0) is 47.9 Å². The monoisotopic (exact) mass is 383 g/mol. The third kappa shape index (κ3) is 3.84. The zero-order chi connectivity index (χ0) is 18.2. The minimum atomic E-state index is -3.58. The normalized spacial score (nSPS) is 17.6. The van der Waals surface area contributed by atoms with Gasteiger partial charge in [-0.3, -0.25) is 0 Å². The Morgan fingerprint density at radius 1 is 1.24 bits per heavy atom. The van der Waals surface area contributed by atoms with Crippen LogP contribution >= 0.6 is 11.6 Å². The van der Waals surface area contributed by atoms with Crippen molar-refractivity contribution in [2.45, 2.75) is 12.3 Å². The fourth-order valence-electron chi connectivity index (χ4n) is 3.05. The Bertz CT molecular complexity index is 896. The Morgan fingerprint density at radius 3 is 2.56 bits per heavy atom. The Kier molecular flexibility index (Phi) is 4.81. The van der Waals surface area contributed by atoms with Crippen molar-refractivity contribution in [2.75, 3.05) is 19.3 Å². The van der Waals surface area contributed by atoms with Gasteiger partial charge < -0.3 is 19.7 Å². The Labute approximate surface area is 151 Å². The summed E-state index contributed by atoms with van der Waals surface area (Å²) in [6.07, 6.45) is 1.62. The predicted molar refractivity (Wildman–Crippen MR) is 95.1 cm³/mol. The van der Waals surface area contributed by atoms with E-state index in [9.17, 15) is 18.6 Å². The summed E-state index contributed by atoms with van der Waals surface area (Å²) >= 11 is 6.22. The lowest BCUT2D eigenvalue weighted by Crippen LogP contribution is -2.20. The lowest BCUT2D eigenvalue weighted by molar-refractivity contribution is 0.402. The SMILES string of the molecule is CS(=O)(=O)Oc1ccc([C@@H]2CNCCc3c2cc(O)c(O)c3Cl)cc1. The molecular formula is C17H18ClNO5S. The molecule has 0 fully saturated rings. The number of nitrogens with one attached hydrogen (secondary N) is 1. The Morgan fingerprint density at radius 2 is 1.92 bits per heavy atom. The molecule has 0 radical (unpaired) electrons. The zero-order valence-corrected chi connectivity index (χ0v) is 15.1. The standard InChI is InChI=1S/C17H18ClNO5S/c1-25(22,23)24-11-4-2-10(3-5-11)14-9-19-7-6-12-13(14)8-15(20)17(21)16(12)18/h2-5,8,14,19-21H,6-7,9H2,1H3/t14-/m0/s1. The number of phenols is 2. The van der Waals surface area contributed by atoms with Gasteiger partial charge in [-0.25, -0.2) is 0 Å². The molecule has 1 atom stereocenters. The molecule has 2 aromatic carbocycles. The molecule has 1 aliphatic rings. The van der Waals surface area contributed by atoms with Crippen LogP contribution in [0.3, 0.4) is 0 Å². The number of hydrogen-bond donors (Lipinski definition) is 3. The third-order valence-corrected chi connectivity index (χ3v) is 5.06. The van der Waals surface area contributed by atoms with Gasteiger partial charge in [0.15, 0.2) is 11.5 Å². The molecule has 0 saturated heterocycles. The van der Waals surface area contributed by atoms with Crippen LogP contribution in [-0.2, 0) is 16.5 Å². The molecule has 1 heterocycles. The summed E-state index contributed by atoms with van der Waals surface area (Å²) in [5.41, 5.74) is 2.54. The van der Waals surface area contributed by atoms with Gasteiger partial charge in [0.25, 0.3) is 0 Å². The van der Waals surface area contributed by atoms with Crippen LogP contribution in [0.15, 0.2) is 30.3 Å². The lowest BCUT2D eigenvalue weighted by Gasteiger charge is -2.20. The predicted octanol–water partition coefficient (Wildman–Crippen LogP) is 2.37. The van der Waals surface area contributed by atoms with Crippen molar-refractivity contribution in [3.63, 3.8) is 0 Å².